The molecule has 0 bridgehead atoms. The van der Waals surface area contributed by atoms with Crippen molar-refractivity contribution < 1.29 is 28.2 Å². The van der Waals surface area contributed by atoms with E-state index in [1.165, 1.54) is 14.2 Å². The summed E-state index contributed by atoms with van der Waals surface area (Å²) in [4.78, 5) is 25.0. The Labute approximate surface area is 204 Å². The van der Waals surface area contributed by atoms with Gasteiger partial charge in [-0.2, -0.15) is 0 Å². The van der Waals surface area contributed by atoms with Gasteiger partial charge < -0.3 is 23.4 Å². The predicted octanol–water partition coefficient (Wildman–Crippen LogP) is 5.61. The second kappa shape index (κ2) is 10.0. The van der Waals surface area contributed by atoms with E-state index in [-0.39, 0.29) is 23.5 Å². The quantitative estimate of drug-likeness (QED) is 0.290. The minimum absolute atomic E-state index is 0.0647. The van der Waals surface area contributed by atoms with Crippen LogP contribution < -0.4 is 19.6 Å². The van der Waals surface area contributed by atoms with E-state index in [2.05, 4.69) is 15.9 Å². The molecule has 0 fully saturated rings. The average molecular weight is 525 g/mol. The van der Waals surface area contributed by atoms with Gasteiger partial charge in [0.1, 0.15) is 12.2 Å². The minimum atomic E-state index is -0.427. The summed E-state index contributed by atoms with van der Waals surface area (Å²) < 4.78 is 28.3. The van der Waals surface area contributed by atoms with Crippen LogP contribution in [0, 0.1) is 0 Å². The van der Waals surface area contributed by atoms with Gasteiger partial charge >= 0.3 is 5.97 Å². The summed E-state index contributed by atoms with van der Waals surface area (Å²) >= 11 is 3.49. The number of fused-ring (bicyclic) bond motifs is 1. The average Bonchev–Trinajstić information content (AvgIpc) is 2.87. The number of carbonyl (C=O) groups is 1. The molecule has 0 aliphatic heterocycles. The van der Waals surface area contributed by atoms with Gasteiger partial charge in [-0.3, -0.25) is 4.79 Å². The summed E-state index contributed by atoms with van der Waals surface area (Å²) in [6.07, 6.45) is 0. The molecule has 0 N–H and O–H groups in total. The van der Waals surface area contributed by atoms with Gasteiger partial charge in [0.2, 0.25) is 11.2 Å². The van der Waals surface area contributed by atoms with E-state index in [1.807, 2.05) is 0 Å². The lowest BCUT2D eigenvalue weighted by Gasteiger charge is -2.15. The lowest BCUT2D eigenvalue weighted by atomic mass is 10.1. The number of methoxy groups -OCH3 is 3. The Morgan fingerprint density at radius 3 is 2.35 bits per heavy atom. The fourth-order valence-corrected chi connectivity index (χ4v) is 4.11. The van der Waals surface area contributed by atoms with E-state index in [9.17, 15) is 9.59 Å². The van der Waals surface area contributed by atoms with E-state index in [0.717, 1.165) is 5.56 Å². The number of benzene rings is 3. The Morgan fingerprint density at radius 1 is 0.941 bits per heavy atom. The lowest BCUT2D eigenvalue weighted by Crippen LogP contribution is -2.10. The third-order valence-electron chi connectivity index (χ3n) is 5.21. The van der Waals surface area contributed by atoms with E-state index >= 15 is 0 Å². The van der Waals surface area contributed by atoms with Crippen LogP contribution in [0.1, 0.15) is 15.9 Å². The first-order valence-corrected chi connectivity index (χ1v) is 11.0. The van der Waals surface area contributed by atoms with Crippen LogP contribution in [-0.2, 0) is 11.3 Å². The molecule has 0 aliphatic rings. The van der Waals surface area contributed by atoms with Gasteiger partial charge in [-0.25, -0.2) is 4.79 Å². The van der Waals surface area contributed by atoms with Crippen molar-refractivity contribution in [1.29, 1.82) is 0 Å². The molecule has 0 atom stereocenters. The van der Waals surface area contributed by atoms with Crippen molar-refractivity contribution >= 4 is 32.9 Å². The molecule has 7 nitrogen and oxygen atoms in total. The largest absolute Gasteiger partial charge is 0.493 e. The monoisotopic (exact) mass is 524 g/mol. The maximum Gasteiger partial charge on any atom is 0.337 e. The van der Waals surface area contributed by atoms with E-state index in [4.69, 9.17) is 23.4 Å². The molecular weight excluding hydrogens is 504 g/mol. The van der Waals surface area contributed by atoms with Crippen LogP contribution in [0.4, 0.5) is 0 Å². The van der Waals surface area contributed by atoms with Gasteiger partial charge in [0.05, 0.1) is 36.8 Å². The normalized spacial score (nSPS) is 10.7. The molecule has 4 rings (SSSR count). The van der Waals surface area contributed by atoms with Gasteiger partial charge in [0, 0.05) is 5.56 Å². The summed E-state index contributed by atoms with van der Waals surface area (Å²) in [6, 6.07) is 17.2. The van der Waals surface area contributed by atoms with Crippen LogP contribution in [0.2, 0.25) is 0 Å². The van der Waals surface area contributed by atoms with Crippen LogP contribution >= 0.6 is 15.9 Å². The van der Waals surface area contributed by atoms with Crippen molar-refractivity contribution in [3.05, 3.63) is 86.5 Å². The zero-order valence-electron chi connectivity index (χ0n) is 18.7. The summed E-state index contributed by atoms with van der Waals surface area (Å²) in [5, 5.41) is 0.404. The topological polar surface area (TPSA) is 84.2 Å². The Morgan fingerprint density at radius 2 is 1.68 bits per heavy atom. The molecule has 0 amide bonds. The number of esters is 1. The molecule has 0 unspecified atom stereocenters. The molecule has 1 heterocycles. The highest BCUT2D eigenvalue weighted by Crippen LogP contribution is 2.41. The maximum atomic E-state index is 13.4. The Kier molecular flexibility index (Phi) is 6.88. The summed E-state index contributed by atoms with van der Waals surface area (Å²) in [7, 11) is 4.39. The Hall–Kier alpha value is -3.78. The van der Waals surface area contributed by atoms with Gasteiger partial charge in [0.15, 0.2) is 17.3 Å². The minimum Gasteiger partial charge on any atom is -0.493 e. The number of hydrogen-bond acceptors (Lipinski definition) is 7. The number of hydrogen-bond donors (Lipinski definition) is 0. The zero-order chi connectivity index (χ0) is 24.2. The molecule has 1 aromatic heterocycles. The zero-order valence-corrected chi connectivity index (χ0v) is 20.3. The highest BCUT2D eigenvalue weighted by Gasteiger charge is 2.21. The molecule has 0 saturated carbocycles. The number of carbonyl (C=O) groups excluding carboxylic acids is 1. The third-order valence-corrected chi connectivity index (χ3v) is 5.80. The lowest BCUT2D eigenvalue weighted by molar-refractivity contribution is 0.0600. The number of ether oxygens (including phenoxy) is 4. The van der Waals surface area contributed by atoms with Crippen molar-refractivity contribution in [1.82, 2.24) is 0 Å². The Balaban J connectivity index is 1.79. The number of para-hydroxylation sites is 1. The van der Waals surface area contributed by atoms with E-state index in [1.54, 1.807) is 67.8 Å². The van der Waals surface area contributed by atoms with Crippen LogP contribution in [0.5, 0.6) is 17.2 Å². The van der Waals surface area contributed by atoms with Crippen molar-refractivity contribution in [3.63, 3.8) is 0 Å². The van der Waals surface area contributed by atoms with Gasteiger partial charge in [-0.05, 0) is 57.9 Å². The molecule has 3 aromatic carbocycles. The first-order valence-electron chi connectivity index (χ1n) is 10.2. The first-order chi connectivity index (χ1) is 16.5. The standard InChI is InChI=1S/C26H21BrO7/c1-30-21-13-17(12-19(27)24(21)31-2)23-25(22(28)18-6-4-5-7-20(18)34-23)33-14-15-8-10-16(11-9-15)26(29)32-3/h4-13H,14H2,1-3H3. The van der Waals surface area contributed by atoms with Crippen molar-refractivity contribution in [3.8, 4) is 28.6 Å². The predicted molar refractivity (Wildman–Crippen MR) is 131 cm³/mol. The van der Waals surface area contributed by atoms with Gasteiger partial charge in [-0.1, -0.05) is 24.3 Å². The fourth-order valence-electron chi connectivity index (χ4n) is 3.51. The summed E-state index contributed by atoms with van der Waals surface area (Å²) in [5.74, 6) is 0.880. The van der Waals surface area contributed by atoms with E-state index in [0.29, 0.717) is 38.1 Å². The van der Waals surface area contributed by atoms with Crippen molar-refractivity contribution in [2.24, 2.45) is 0 Å². The maximum absolute atomic E-state index is 13.4. The van der Waals surface area contributed by atoms with Crippen LogP contribution in [-0.4, -0.2) is 27.3 Å². The fraction of sp³-hybridized carbons (Fsp3) is 0.154. The summed E-state index contributed by atoms with van der Waals surface area (Å²) in [5.41, 5.74) is 1.90. The molecular formula is C26H21BrO7. The molecule has 0 aliphatic carbocycles. The van der Waals surface area contributed by atoms with Gasteiger partial charge in [0.25, 0.3) is 0 Å². The molecule has 0 radical (unpaired) electrons. The smallest absolute Gasteiger partial charge is 0.337 e. The van der Waals surface area contributed by atoms with Crippen LogP contribution in [0.3, 0.4) is 0 Å². The van der Waals surface area contributed by atoms with E-state index < -0.39 is 5.97 Å². The summed E-state index contributed by atoms with van der Waals surface area (Å²) in [6.45, 7) is 0.0893. The molecule has 0 spiro atoms. The van der Waals surface area contributed by atoms with Gasteiger partial charge in [-0.15, -0.1) is 0 Å². The second-order valence-electron chi connectivity index (χ2n) is 7.26. The molecule has 0 saturated heterocycles. The number of rotatable bonds is 7. The first kappa shape index (κ1) is 23.4. The highest BCUT2D eigenvalue weighted by atomic mass is 79.9. The SMILES string of the molecule is COC(=O)c1ccc(COc2c(-c3cc(Br)c(OC)c(OC)c3)oc3ccccc3c2=O)cc1. The molecule has 4 aromatic rings. The molecule has 8 heteroatoms. The molecule has 34 heavy (non-hydrogen) atoms. The van der Waals surface area contributed by atoms with Crippen molar-refractivity contribution in [2.75, 3.05) is 21.3 Å². The number of halogens is 1. The Bertz CT molecular complexity index is 1410. The van der Waals surface area contributed by atoms with Crippen LogP contribution in [0.15, 0.2) is 74.3 Å². The second-order valence-corrected chi connectivity index (χ2v) is 8.11. The van der Waals surface area contributed by atoms with Crippen molar-refractivity contribution in [2.45, 2.75) is 6.61 Å². The molecule has 174 valence electrons. The third kappa shape index (κ3) is 4.49. The highest BCUT2D eigenvalue weighted by molar-refractivity contribution is 9.10. The van der Waals surface area contributed by atoms with Crippen LogP contribution in [0.25, 0.3) is 22.3 Å².